The van der Waals surface area contributed by atoms with Gasteiger partial charge in [-0.15, -0.1) is 0 Å². The second-order valence-electron chi connectivity index (χ2n) is 8.54. The van der Waals surface area contributed by atoms with Crippen molar-refractivity contribution in [3.8, 4) is 17.3 Å². The molecule has 3 heterocycles. The number of H-pyrrole nitrogens is 1. The van der Waals surface area contributed by atoms with Crippen LogP contribution in [0.15, 0.2) is 24.5 Å². The van der Waals surface area contributed by atoms with Crippen molar-refractivity contribution in [2.45, 2.75) is 45.4 Å². The minimum absolute atomic E-state index is 0.0215. The summed E-state index contributed by atoms with van der Waals surface area (Å²) < 4.78 is 28.7. The number of nitriles is 1. The molecular formula is C23H22F2N4O2. The van der Waals surface area contributed by atoms with Crippen molar-refractivity contribution >= 4 is 17.0 Å². The number of aromatic amines is 1. The van der Waals surface area contributed by atoms with Gasteiger partial charge in [0.2, 0.25) is 0 Å². The first-order valence-electron chi connectivity index (χ1n) is 10.2. The number of hydrogen-bond donors (Lipinski definition) is 2. The zero-order valence-electron chi connectivity index (χ0n) is 17.1. The van der Waals surface area contributed by atoms with Crippen molar-refractivity contribution in [2.75, 3.05) is 0 Å². The van der Waals surface area contributed by atoms with Gasteiger partial charge in [0.05, 0.1) is 23.1 Å². The molecule has 8 heteroatoms. The number of carboxylic acid groups (broad SMARTS) is 1. The van der Waals surface area contributed by atoms with E-state index < -0.39 is 17.6 Å². The quantitative estimate of drug-likeness (QED) is 0.580. The highest BCUT2D eigenvalue weighted by Gasteiger charge is 2.38. The third kappa shape index (κ3) is 4.00. The highest BCUT2D eigenvalue weighted by molar-refractivity contribution is 5.93. The molecule has 3 aromatic rings. The van der Waals surface area contributed by atoms with E-state index in [1.165, 1.54) is 6.07 Å². The van der Waals surface area contributed by atoms with Crippen LogP contribution in [-0.4, -0.2) is 26.0 Å². The highest BCUT2D eigenvalue weighted by Crippen LogP contribution is 2.46. The zero-order chi connectivity index (χ0) is 22.2. The number of carbonyl (C=O) groups is 1. The molecule has 0 amide bonds. The van der Waals surface area contributed by atoms with Crippen molar-refractivity contribution in [1.29, 1.82) is 5.26 Å². The van der Waals surface area contributed by atoms with Crippen molar-refractivity contribution in [1.82, 2.24) is 15.0 Å². The van der Waals surface area contributed by atoms with Crippen molar-refractivity contribution < 1.29 is 18.7 Å². The number of aliphatic carboxylic acids is 1. The first-order chi connectivity index (χ1) is 14.8. The maximum Gasteiger partial charge on any atom is 0.303 e. The van der Waals surface area contributed by atoms with Crippen molar-refractivity contribution in [3.63, 3.8) is 0 Å². The molecule has 0 saturated heterocycles. The maximum absolute atomic E-state index is 14.9. The molecule has 2 N–H and O–H groups in total. The average Bonchev–Trinajstić information content (AvgIpc) is 3.35. The molecule has 1 atom stereocenters. The minimum atomic E-state index is -0.925. The van der Waals surface area contributed by atoms with E-state index >= 15 is 0 Å². The van der Waals surface area contributed by atoms with Crippen LogP contribution in [0, 0.1) is 34.3 Å². The summed E-state index contributed by atoms with van der Waals surface area (Å²) in [6.45, 7) is 2.06. The van der Waals surface area contributed by atoms with E-state index in [-0.39, 0.29) is 41.1 Å². The summed E-state index contributed by atoms with van der Waals surface area (Å²) in [4.78, 5) is 22.9. The van der Waals surface area contributed by atoms with Crippen LogP contribution >= 0.6 is 0 Å². The monoisotopic (exact) mass is 424 g/mol. The summed E-state index contributed by atoms with van der Waals surface area (Å²) in [5, 5.41) is 19.4. The van der Waals surface area contributed by atoms with E-state index in [4.69, 9.17) is 0 Å². The van der Waals surface area contributed by atoms with Crippen LogP contribution in [-0.2, 0) is 11.2 Å². The van der Waals surface area contributed by atoms with Crippen LogP contribution in [0.25, 0.3) is 22.3 Å². The molecule has 1 aliphatic rings. The maximum atomic E-state index is 14.9. The number of rotatable bonds is 6. The summed E-state index contributed by atoms with van der Waals surface area (Å²) in [5.41, 5.74) is 1.04. The van der Waals surface area contributed by atoms with E-state index in [1.54, 1.807) is 6.20 Å². The van der Waals surface area contributed by atoms with E-state index in [2.05, 4.69) is 21.9 Å². The fourth-order valence-electron chi connectivity index (χ4n) is 4.73. The minimum Gasteiger partial charge on any atom is -0.481 e. The molecular weight excluding hydrogens is 402 g/mol. The Kier molecular flexibility index (Phi) is 5.44. The van der Waals surface area contributed by atoms with Gasteiger partial charge < -0.3 is 10.1 Å². The largest absolute Gasteiger partial charge is 0.481 e. The summed E-state index contributed by atoms with van der Waals surface area (Å²) in [5.74, 6) is -2.38. The van der Waals surface area contributed by atoms with E-state index in [1.807, 2.05) is 6.07 Å². The molecule has 3 aromatic heterocycles. The Morgan fingerprint density at radius 2 is 2.10 bits per heavy atom. The molecule has 0 radical (unpaired) electrons. The van der Waals surface area contributed by atoms with E-state index in [0.717, 1.165) is 37.9 Å². The van der Waals surface area contributed by atoms with E-state index in [9.17, 15) is 23.9 Å². The summed E-state index contributed by atoms with van der Waals surface area (Å²) in [7, 11) is 0. The Balaban J connectivity index is 1.79. The highest BCUT2D eigenvalue weighted by atomic mass is 19.1. The van der Waals surface area contributed by atoms with Gasteiger partial charge in [0.25, 0.3) is 0 Å². The number of nitrogens with one attached hydrogen (secondary N) is 1. The van der Waals surface area contributed by atoms with Crippen LogP contribution in [0.5, 0.6) is 0 Å². The van der Waals surface area contributed by atoms with Gasteiger partial charge in [-0.3, -0.25) is 4.79 Å². The topological polar surface area (TPSA) is 103 Å². The summed E-state index contributed by atoms with van der Waals surface area (Å²) >= 11 is 0. The number of pyridine rings is 2. The molecule has 1 aliphatic carbocycles. The number of nitrogens with zero attached hydrogens (tertiary/aromatic N) is 3. The van der Waals surface area contributed by atoms with Gasteiger partial charge in [-0.1, -0.05) is 19.8 Å². The molecule has 1 unspecified atom stereocenters. The lowest BCUT2D eigenvalue weighted by Crippen LogP contribution is -2.29. The average molecular weight is 424 g/mol. The third-order valence-electron chi connectivity index (χ3n) is 6.51. The van der Waals surface area contributed by atoms with Crippen LogP contribution in [0.2, 0.25) is 0 Å². The van der Waals surface area contributed by atoms with Crippen molar-refractivity contribution in [3.05, 3.63) is 47.4 Å². The summed E-state index contributed by atoms with van der Waals surface area (Å²) in [6, 6.07) is 4.36. The standard InChI is InChI=1S/C23H22F2N4O2/c1-23(4-2-3-5-23)14(8-20(30)31)7-19-18(25)6-13(10-26)21(29-19)17-12-28-22-16(17)9-15(24)11-27-22/h6,9,11-12,14H,2-5,7-8H2,1H3,(H,27,28)(H,30,31). The Bertz CT molecular complexity index is 1190. The molecule has 4 rings (SSSR count). The molecule has 160 valence electrons. The Morgan fingerprint density at radius 3 is 2.77 bits per heavy atom. The molecule has 1 saturated carbocycles. The first kappa shape index (κ1) is 20.9. The number of fused-ring (bicyclic) bond motifs is 1. The molecule has 0 spiro atoms. The van der Waals surface area contributed by atoms with Gasteiger partial charge in [0.1, 0.15) is 23.4 Å². The Labute approximate surface area is 178 Å². The summed E-state index contributed by atoms with van der Waals surface area (Å²) in [6.07, 6.45) is 6.55. The fourth-order valence-corrected chi connectivity index (χ4v) is 4.73. The molecule has 0 aromatic carbocycles. The normalized spacial score (nSPS) is 16.3. The Morgan fingerprint density at radius 1 is 1.35 bits per heavy atom. The second-order valence-corrected chi connectivity index (χ2v) is 8.54. The molecule has 0 bridgehead atoms. The van der Waals surface area contributed by atoms with Crippen LogP contribution < -0.4 is 0 Å². The molecule has 1 fully saturated rings. The van der Waals surface area contributed by atoms with Crippen LogP contribution in [0.1, 0.15) is 50.3 Å². The zero-order valence-corrected chi connectivity index (χ0v) is 17.1. The predicted octanol–water partition coefficient (Wildman–Crippen LogP) is 4.99. The number of aromatic nitrogens is 3. The second kappa shape index (κ2) is 8.06. The van der Waals surface area contributed by atoms with Crippen LogP contribution in [0.3, 0.4) is 0 Å². The number of carboxylic acids is 1. The molecule has 31 heavy (non-hydrogen) atoms. The number of hydrogen-bond acceptors (Lipinski definition) is 4. The lowest BCUT2D eigenvalue weighted by molar-refractivity contribution is -0.139. The molecule has 6 nitrogen and oxygen atoms in total. The predicted molar refractivity (Wildman–Crippen MR) is 110 cm³/mol. The van der Waals surface area contributed by atoms with Crippen LogP contribution in [0.4, 0.5) is 8.78 Å². The van der Waals surface area contributed by atoms with Gasteiger partial charge in [-0.2, -0.15) is 5.26 Å². The lowest BCUT2D eigenvalue weighted by atomic mass is 9.72. The SMILES string of the molecule is CC1(C(CC(=O)O)Cc2nc(-c3c[nH]c4ncc(F)cc34)c(C#N)cc2F)CCCC1. The van der Waals surface area contributed by atoms with E-state index in [0.29, 0.717) is 16.6 Å². The Hall–Kier alpha value is -3.34. The van der Waals surface area contributed by atoms with Gasteiger partial charge in [-0.25, -0.2) is 18.7 Å². The number of halogens is 2. The first-order valence-corrected chi connectivity index (χ1v) is 10.2. The van der Waals surface area contributed by atoms with Gasteiger partial charge in [-0.05, 0) is 42.7 Å². The lowest BCUT2D eigenvalue weighted by Gasteiger charge is -2.33. The van der Waals surface area contributed by atoms with Crippen molar-refractivity contribution in [2.24, 2.45) is 11.3 Å². The van der Waals surface area contributed by atoms with Gasteiger partial charge in [0.15, 0.2) is 0 Å². The molecule has 0 aliphatic heterocycles. The van der Waals surface area contributed by atoms with Gasteiger partial charge in [0, 0.05) is 23.6 Å². The van der Waals surface area contributed by atoms with Gasteiger partial charge >= 0.3 is 5.97 Å². The smallest absolute Gasteiger partial charge is 0.303 e. The third-order valence-corrected chi connectivity index (χ3v) is 6.51. The fraction of sp³-hybridized carbons (Fsp3) is 0.391.